The molecule has 1 aromatic heterocycles. The van der Waals surface area contributed by atoms with Gasteiger partial charge in [-0.3, -0.25) is 20.2 Å². The van der Waals surface area contributed by atoms with Gasteiger partial charge in [-0.15, -0.1) is 0 Å². The lowest BCUT2D eigenvalue weighted by Crippen LogP contribution is -2.07. The first kappa shape index (κ1) is 25.2. The van der Waals surface area contributed by atoms with E-state index in [-0.39, 0.29) is 23.5 Å². The Labute approximate surface area is 214 Å². The Bertz CT molecular complexity index is 1490. The van der Waals surface area contributed by atoms with Gasteiger partial charge < -0.3 is 20.5 Å². The monoisotopic (exact) mass is 517 g/mol. The highest BCUT2D eigenvalue weighted by Crippen LogP contribution is 2.26. The summed E-state index contributed by atoms with van der Waals surface area (Å²) in [6.45, 7) is 0. The highest BCUT2D eigenvalue weighted by molar-refractivity contribution is 5.82. The number of ether oxygens (including phenoxy) is 1. The number of nitrogens with one attached hydrogen (secondary N) is 3. The van der Waals surface area contributed by atoms with Gasteiger partial charge in [-0.1, -0.05) is 0 Å². The summed E-state index contributed by atoms with van der Waals surface area (Å²) >= 11 is 0. The Hall–Kier alpha value is -5.86. The third-order valence-electron chi connectivity index (χ3n) is 4.89. The number of rotatable bonds is 10. The molecule has 0 aliphatic carbocycles. The van der Waals surface area contributed by atoms with Gasteiger partial charge >= 0.3 is 5.69 Å². The van der Waals surface area contributed by atoms with E-state index in [1.165, 1.54) is 42.6 Å². The molecule has 15 heteroatoms. The minimum absolute atomic E-state index is 0.0185. The maximum atomic E-state index is 11.0. The zero-order valence-corrected chi connectivity index (χ0v) is 19.6. The van der Waals surface area contributed by atoms with Crippen LogP contribution in [0.1, 0.15) is 5.56 Å². The normalized spacial score (nSPS) is 10.7. The highest BCUT2D eigenvalue weighted by Gasteiger charge is 2.13. The fraction of sp³-hybridized carbons (Fsp3) is 0.0435. The van der Waals surface area contributed by atoms with Crippen LogP contribution in [0.4, 0.5) is 40.6 Å². The van der Waals surface area contributed by atoms with Crippen LogP contribution in [0.5, 0.6) is 11.5 Å². The molecule has 0 radical (unpaired) electrons. The Morgan fingerprint density at radius 1 is 0.842 bits per heavy atom. The SMILES string of the molecule is COc1ccc(Nc2nc(NN=Cc3ccc(O)c([N+](=O)[O-])c3)nc(Nc3ccc([N+](=O)[O-])cc3)n2)cc1. The minimum Gasteiger partial charge on any atom is -0.502 e. The number of hydrazone groups is 1. The molecule has 0 bridgehead atoms. The molecule has 38 heavy (non-hydrogen) atoms. The van der Waals surface area contributed by atoms with E-state index in [9.17, 15) is 25.3 Å². The predicted molar refractivity (Wildman–Crippen MR) is 138 cm³/mol. The number of anilines is 5. The van der Waals surface area contributed by atoms with E-state index in [2.05, 4.69) is 36.1 Å². The van der Waals surface area contributed by atoms with Crippen molar-refractivity contribution in [2.75, 3.05) is 23.2 Å². The summed E-state index contributed by atoms with van der Waals surface area (Å²) in [6.07, 6.45) is 1.29. The minimum atomic E-state index is -0.709. The number of aromatic hydroxyl groups is 1. The zero-order chi connectivity index (χ0) is 27.1. The van der Waals surface area contributed by atoms with Gasteiger partial charge in [0.1, 0.15) is 5.75 Å². The first-order chi connectivity index (χ1) is 18.3. The fourth-order valence-corrected chi connectivity index (χ4v) is 3.07. The van der Waals surface area contributed by atoms with E-state index in [4.69, 9.17) is 4.74 Å². The van der Waals surface area contributed by atoms with Crippen molar-refractivity contribution in [3.05, 3.63) is 92.5 Å². The summed E-state index contributed by atoms with van der Waals surface area (Å²) in [5.74, 6) is 0.465. The lowest BCUT2D eigenvalue weighted by Gasteiger charge is -2.10. The summed E-state index contributed by atoms with van der Waals surface area (Å²) in [5, 5.41) is 41.6. The van der Waals surface area contributed by atoms with Crippen molar-refractivity contribution in [3.8, 4) is 11.5 Å². The molecule has 192 valence electrons. The Kier molecular flexibility index (Phi) is 7.47. The molecule has 1 heterocycles. The number of benzene rings is 3. The van der Waals surface area contributed by atoms with Crippen LogP contribution in [0.2, 0.25) is 0 Å². The van der Waals surface area contributed by atoms with Gasteiger partial charge in [-0.25, -0.2) is 5.43 Å². The number of nitro benzene ring substituents is 2. The number of non-ortho nitro benzene ring substituents is 1. The lowest BCUT2D eigenvalue weighted by atomic mass is 10.2. The molecule has 0 fully saturated rings. The van der Waals surface area contributed by atoms with Gasteiger partial charge in [0.15, 0.2) is 5.75 Å². The Balaban J connectivity index is 1.58. The molecule has 0 saturated heterocycles. The molecular weight excluding hydrogens is 498 g/mol. The first-order valence-electron chi connectivity index (χ1n) is 10.8. The number of nitro groups is 2. The number of hydrogen-bond donors (Lipinski definition) is 4. The third kappa shape index (κ3) is 6.42. The number of methoxy groups -OCH3 is 1. The quantitative estimate of drug-likeness (QED) is 0.132. The molecule has 3 aromatic carbocycles. The molecule has 4 rings (SSSR count). The Morgan fingerprint density at radius 2 is 1.42 bits per heavy atom. The van der Waals surface area contributed by atoms with Crippen LogP contribution in [-0.4, -0.2) is 43.2 Å². The maximum Gasteiger partial charge on any atom is 0.311 e. The summed E-state index contributed by atoms with van der Waals surface area (Å²) in [6, 6.07) is 16.5. The van der Waals surface area contributed by atoms with Gasteiger partial charge in [-0.05, 0) is 48.5 Å². The van der Waals surface area contributed by atoms with Crippen LogP contribution in [0.15, 0.2) is 71.8 Å². The topological polar surface area (TPSA) is 203 Å². The van der Waals surface area contributed by atoms with Crippen LogP contribution in [0, 0.1) is 20.2 Å². The number of phenols is 1. The van der Waals surface area contributed by atoms with Gasteiger partial charge in [0, 0.05) is 35.1 Å². The van der Waals surface area contributed by atoms with Crippen LogP contribution >= 0.6 is 0 Å². The van der Waals surface area contributed by atoms with Crippen LogP contribution in [0.25, 0.3) is 0 Å². The van der Waals surface area contributed by atoms with Gasteiger partial charge in [0.2, 0.25) is 17.8 Å². The standard InChI is InChI=1S/C23H19N9O6/c1-38-18-9-5-16(6-10-18)26-22-27-21(25-15-3-7-17(8-4-15)31(34)35)28-23(29-22)30-24-13-14-2-11-20(33)19(12-14)32(36)37/h2-13,33H,1H3,(H3,25,26,27,28,29,30). The number of hydrogen-bond acceptors (Lipinski definition) is 13. The average Bonchev–Trinajstić information content (AvgIpc) is 2.90. The number of phenolic OH excluding ortho intramolecular Hbond substituents is 1. The fourth-order valence-electron chi connectivity index (χ4n) is 3.07. The second-order valence-electron chi connectivity index (χ2n) is 7.46. The summed E-state index contributed by atoms with van der Waals surface area (Å²) in [5.41, 5.74) is 3.59. The number of aromatic nitrogens is 3. The van der Waals surface area contributed by atoms with Crippen molar-refractivity contribution in [2.24, 2.45) is 5.10 Å². The first-order valence-corrected chi connectivity index (χ1v) is 10.8. The molecule has 0 saturated carbocycles. The molecule has 4 N–H and O–H groups in total. The van der Waals surface area contributed by atoms with E-state index < -0.39 is 21.3 Å². The van der Waals surface area contributed by atoms with E-state index in [1.807, 2.05) is 0 Å². The van der Waals surface area contributed by atoms with Crippen molar-refractivity contribution >= 4 is 46.8 Å². The maximum absolute atomic E-state index is 11.0. The lowest BCUT2D eigenvalue weighted by molar-refractivity contribution is -0.385. The van der Waals surface area contributed by atoms with Crippen LogP contribution < -0.4 is 20.8 Å². The number of nitrogens with zero attached hydrogens (tertiary/aromatic N) is 6. The van der Waals surface area contributed by atoms with E-state index >= 15 is 0 Å². The summed E-state index contributed by atoms with van der Waals surface area (Å²) in [4.78, 5) is 33.6. The van der Waals surface area contributed by atoms with E-state index in [1.54, 1.807) is 31.4 Å². The summed E-state index contributed by atoms with van der Waals surface area (Å²) < 4.78 is 5.16. The largest absolute Gasteiger partial charge is 0.502 e. The van der Waals surface area contributed by atoms with E-state index in [0.717, 1.165) is 6.07 Å². The molecule has 0 aliphatic rings. The van der Waals surface area contributed by atoms with Gasteiger partial charge in [-0.2, -0.15) is 20.1 Å². The molecule has 0 unspecified atom stereocenters. The molecule has 0 spiro atoms. The van der Waals surface area contributed by atoms with Crippen molar-refractivity contribution in [3.63, 3.8) is 0 Å². The molecule has 0 amide bonds. The highest BCUT2D eigenvalue weighted by atomic mass is 16.6. The second kappa shape index (κ2) is 11.3. The van der Waals surface area contributed by atoms with Crippen LogP contribution in [-0.2, 0) is 0 Å². The molecule has 0 atom stereocenters. The van der Waals surface area contributed by atoms with Crippen molar-refractivity contribution in [1.29, 1.82) is 0 Å². The van der Waals surface area contributed by atoms with E-state index in [0.29, 0.717) is 22.7 Å². The van der Waals surface area contributed by atoms with Gasteiger partial charge in [0.25, 0.3) is 5.69 Å². The molecule has 4 aromatic rings. The predicted octanol–water partition coefficient (Wildman–Crippen LogP) is 4.34. The second-order valence-corrected chi connectivity index (χ2v) is 7.46. The zero-order valence-electron chi connectivity index (χ0n) is 19.6. The van der Waals surface area contributed by atoms with Crippen molar-refractivity contribution in [1.82, 2.24) is 15.0 Å². The molecular formula is C23H19N9O6. The van der Waals surface area contributed by atoms with Crippen molar-refractivity contribution < 1.29 is 19.7 Å². The third-order valence-corrected chi connectivity index (χ3v) is 4.89. The Morgan fingerprint density at radius 3 is 1.97 bits per heavy atom. The molecule has 0 aliphatic heterocycles. The van der Waals surface area contributed by atoms with Crippen LogP contribution in [0.3, 0.4) is 0 Å². The molecule has 15 nitrogen and oxygen atoms in total. The van der Waals surface area contributed by atoms with Crippen molar-refractivity contribution in [2.45, 2.75) is 0 Å². The summed E-state index contributed by atoms with van der Waals surface area (Å²) in [7, 11) is 1.55. The smallest absolute Gasteiger partial charge is 0.311 e. The average molecular weight is 517 g/mol. The van der Waals surface area contributed by atoms with Gasteiger partial charge in [0.05, 0.1) is 23.2 Å².